The summed E-state index contributed by atoms with van der Waals surface area (Å²) in [7, 11) is -3.49. The molecule has 34 heavy (non-hydrogen) atoms. The molecular formula is C25H32Cl2N2O4S. The van der Waals surface area contributed by atoms with Crippen molar-refractivity contribution >= 4 is 39.1 Å². The van der Waals surface area contributed by atoms with Gasteiger partial charge in [0.1, 0.15) is 5.75 Å². The van der Waals surface area contributed by atoms with Gasteiger partial charge in [-0.2, -0.15) is 0 Å². The maximum absolute atomic E-state index is 12.8. The quantitative estimate of drug-likeness (QED) is 0.438. The van der Waals surface area contributed by atoms with Crippen LogP contribution in [0.5, 0.6) is 5.75 Å². The number of benzene rings is 2. The molecule has 2 aromatic rings. The molecule has 0 aliphatic carbocycles. The fourth-order valence-electron chi connectivity index (χ4n) is 3.98. The predicted molar refractivity (Wildman–Crippen MR) is 137 cm³/mol. The van der Waals surface area contributed by atoms with Crippen molar-refractivity contribution in [1.29, 1.82) is 0 Å². The number of ether oxygens (including phenoxy) is 1. The number of aryl methyl sites for hydroxylation is 1. The Labute approximate surface area is 212 Å². The van der Waals surface area contributed by atoms with E-state index < -0.39 is 10.0 Å². The third-order valence-electron chi connectivity index (χ3n) is 5.79. The van der Waals surface area contributed by atoms with Crippen molar-refractivity contribution in [3.05, 3.63) is 63.6 Å². The maximum Gasteiger partial charge on any atom is 0.223 e. The number of nitrogens with zero attached hydrogens (tertiary/aromatic N) is 1. The van der Waals surface area contributed by atoms with Crippen LogP contribution in [0.4, 0.5) is 0 Å². The van der Waals surface area contributed by atoms with Gasteiger partial charge in [-0.15, -0.1) is 0 Å². The molecule has 186 valence electrons. The van der Waals surface area contributed by atoms with E-state index in [2.05, 4.69) is 5.32 Å². The van der Waals surface area contributed by atoms with Crippen LogP contribution in [0.1, 0.15) is 44.2 Å². The Morgan fingerprint density at radius 3 is 2.32 bits per heavy atom. The molecule has 2 aromatic carbocycles. The van der Waals surface area contributed by atoms with Crippen LogP contribution >= 0.6 is 23.2 Å². The van der Waals surface area contributed by atoms with Crippen LogP contribution < -0.4 is 10.1 Å². The summed E-state index contributed by atoms with van der Waals surface area (Å²) >= 11 is 11.9. The molecule has 0 radical (unpaired) electrons. The molecule has 0 spiro atoms. The zero-order valence-electron chi connectivity index (χ0n) is 19.6. The second-order valence-corrected chi connectivity index (χ2v) is 11.7. The minimum atomic E-state index is -3.49. The van der Waals surface area contributed by atoms with Gasteiger partial charge in [-0.05, 0) is 74.9 Å². The first-order valence-corrected chi connectivity index (χ1v) is 14.0. The lowest BCUT2D eigenvalue weighted by Gasteiger charge is -2.30. The smallest absolute Gasteiger partial charge is 0.223 e. The second kappa shape index (κ2) is 12.2. The van der Waals surface area contributed by atoms with E-state index in [9.17, 15) is 13.2 Å². The molecule has 1 heterocycles. The van der Waals surface area contributed by atoms with E-state index in [1.807, 2.05) is 38.1 Å². The molecule has 1 N–H and O–H groups in total. The van der Waals surface area contributed by atoms with Crippen molar-refractivity contribution in [2.45, 2.75) is 51.4 Å². The molecule has 1 saturated heterocycles. The van der Waals surface area contributed by atoms with Crippen LogP contribution in [-0.4, -0.2) is 44.4 Å². The lowest BCUT2D eigenvalue weighted by Crippen LogP contribution is -2.43. The molecule has 0 saturated carbocycles. The van der Waals surface area contributed by atoms with Gasteiger partial charge in [0, 0.05) is 25.6 Å². The second-order valence-electron chi connectivity index (χ2n) is 8.88. The molecule has 3 rings (SSSR count). The van der Waals surface area contributed by atoms with Gasteiger partial charge in [0.25, 0.3) is 0 Å². The Hall–Kier alpha value is -1.80. The molecule has 0 atom stereocenters. The van der Waals surface area contributed by atoms with E-state index in [1.54, 1.807) is 18.2 Å². The van der Waals surface area contributed by atoms with Crippen LogP contribution in [0, 0.1) is 5.92 Å². The first-order valence-electron chi connectivity index (χ1n) is 11.6. The number of piperidine rings is 1. The van der Waals surface area contributed by atoms with Crippen molar-refractivity contribution in [3.63, 3.8) is 0 Å². The molecular weight excluding hydrogens is 495 g/mol. The summed E-state index contributed by atoms with van der Waals surface area (Å²) in [5, 5.41) is 3.73. The number of carbonyl (C=O) groups excluding carboxylic acids is 1. The topological polar surface area (TPSA) is 75.7 Å². The van der Waals surface area contributed by atoms with Gasteiger partial charge in [0.05, 0.1) is 21.9 Å². The van der Waals surface area contributed by atoms with E-state index in [0.29, 0.717) is 48.1 Å². The summed E-state index contributed by atoms with van der Waals surface area (Å²) in [5.74, 6) is 0.564. The summed E-state index contributed by atoms with van der Waals surface area (Å²) in [6.07, 6.45) is 2.89. The largest absolute Gasteiger partial charge is 0.491 e. The average Bonchev–Trinajstić information content (AvgIpc) is 2.79. The summed E-state index contributed by atoms with van der Waals surface area (Å²) in [6.45, 7) is 5.27. The minimum Gasteiger partial charge on any atom is -0.491 e. The van der Waals surface area contributed by atoms with Gasteiger partial charge >= 0.3 is 0 Å². The van der Waals surface area contributed by atoms with Crippen molar-refractivity contribution in [2.24, 2.45) is 5.92 Å². The van der Waals surface area contributed by atoms with Gasteiger partial charge in [-0.3, -0.25) is 4.79 Å². The predicted octanol–water partition coefficient (Wildman–Crippen LogP) is 5.07. The highest BCUT2D eigenvalue weighted by atomic mass is 35.5. The standard InChI is InChI=1S/C25H32Cl2N2O4S/c1-18(2)33-22-8-5-19(6-9-22)4-3-13-28-25(30)21-11-14-29(15-12-21)34(31,32)17-20-7-10-23(26)24(27)16-20/h5-10,16,18,21H,3-4,11-15,17H2,1-2H3,(H,28,30). The van der Waals surface area contributed by atoms with Gasteiger partial charge < -0.3 is 10.1 Å². The van der Waals surface area contributed by atoms with Crippen molar-refractivity contribution < 1.29 is 17.9 Å². The number of halogens is 2. The van der Waals surface area contributed by atoms with E-state index in [0.717, 1.165) is 18.6 Å². The fraction of sp³-hybridized carbons (Fsp3) is 0.480. The third kappa shape index (κ3) is 7.87. The number of hydrogen-bond acceptors (Lipinski definition) is 4. The molecule has 9 heteroatoms. The Bertz CT molecular complexity index is 1070. The SMILES string of the molecule is CC(C)Oc1ccc(CCCNC(=O)C2CCN(S(=O)(=O)Cc3ccc(Cl)c(Cl)c3)CC2)cc1. The fourth-order valence-corrected chi connectivity index (χ4v) is 5.85. The molecule has 1 fully saturated rings. The van der Waals surface area contributed by atoms with E-state index in [-0.39, 0.29) is 23.7 Å². The maximum atomic E-state index is 12.8. The van der Waals surface area contributed by atoms with Crippen LogP contribution in [0.3, 0.4) is 0 Å². The summed E-state index contributed by atoms with van der Waals surface area (Å²) in [6, 6.07) is 12.9. The third-order valence-corrected chi connectivity index (χ3v) is 8.38. The molecule has 6 nitrogen and oxygen atoms in total. The Morgan fingerprint density at radius 1 is 1.06 bits per heavy atom. The molecule has 0 aromatic heterocycles. The van der Waals surface area contributed by atoms with Crippen LogP contribution in [-0.2, 0) is 27.0 Å². The highest BCUT2D eigenvalue weighted by Crippen LogP contribution is 2.26. The zero-order chi connectivity index (χ0) is 24.7. The van der Waals surface area contributed by atoms with Gasteiger partial charge in [0.2, 0.25) is 15.9 Å². The number of hydrogen-bond donors (Lipinski definition) is 1. The van der Waals surface area contributed by atoms with Crippen molar-refractivity contribution in [1.82, 2.24) is 9.62 Å². The molecule has 0 unspecified atom stereocenters. The zero-order valence-corrected chi connectivity index (χ0v) is 21.9. The number of rotatable bonds is 10. The van der Waals surface area contributed by atoms with Crippen molar-refractivity contribution in [3.8, 4) is 5.75 Å². The first kappa shape index (κ1) is 26.8. The Kier molecular flexibility index (Phi) is 9.65. The number of sulfonamides is 1. The van der Waals surface area contributed by atoms with Crippen LogP contribution in [0.25, 0.3) is 0 Å². The van der Waals surface area contributed by atoms with E-state index >= 15 is 0 Å². The summed E-state index contributed by atoms with van der Waals surface area (Å²) in [5.41, 5.74) is 1.79. The molecule has 0 bridgehead atoms. The Balaban J connectivity index is 1.39. The highest BCUT2D eigenvalue weighted by Gasteiger charge is 2.31. The van der Waals surface area contributed by atoms with Crippen LogP contribution in [0.2, 0.25) is 10.0 Å². The first-order chi connectivity index (χ1) is 16.1. The van der Waals surface area contributed by atoms with E-state index in [4.69, 9.17) is 27.9 Å². The number of carbonyl (C=O) groups is 1. The lowest BCUT2D eigenvalue weighted by atomic mass is 9.97. The molecule has 1 aliphatic rings. The average molecular weight is 528 g/mol. The summed E-state index contributed by atoms with van der Waals surface area (Å²) in [4.78, 5) is 12.6. The van der Waals surface area contributed by atoms with Crippen molar-refractivity contribution in [2.75, 3.05) is 19.6 Å². The van der Waals surface area contributed by atoms with E-state index in [1.165, 1.54) is 9.87 Å². The van der Waals surface area contributed by atoms with Gasteiger partial charge in [-0.1, -0.05) is 41.4 Å². The van der Waals surface area contributed by atoms with Crippen LogP contribution in [0.15, 0.2) is 42.5 Å². The highest BCUT2D eigenvalue weighted by molar-refractivity contribution is 7.88. The number of nitrogens with one attached hydrogen (secondary N) is 1. The summed E-state index contributed by atoms with van der Waals surface area (Å²) < 4.78 is 32.7. The Morgan fingerprint density at radius 2 is 1.71 bits per heavy atom. The molecule has 1 amide bonds. The molecule has 1 aliphatic heterocycles. The number of amides is 1. The lowest BCUT2D eigenvalue weighted by molar-refractivity contribution is -0.126. The minimum absolute atomic E-state index is 0.00205. The van der Waals surface area contributed by atoms with Gasteiger partial charge in [0.15, 0.2) is 0 Å². The normalized spacial score (nSPS) is 15.4. The monoisotopic (exact) mass is 526 g/mol. The van der Waals surface area contributed by atoms with Gasteiger partial charge in [-0.25, -0.2) is 12.7 Å².